The van der Waals surface area contributed by atoms with Gasteiger partial charge >= 0.3 is 0 Å². The van der Waals surface area contributed by atoms with Crippen LogP contribution in [0.1, 0.15) is 25.3 Å². The summed E-state index contributed by atoms with van der Waals surface area (Å²) in [5.74, 6) is -1.34. The second-order valence-electron chi connectivity index (χ2n) is 5.60. The maximum absolute atomic E-state index is 13.9. The SMILES string of the molecule is CC(C)c1cc(F)c(/N=N/c2ccc(N(C)C)cc2)c(F)c1. The smallest absolute Gasteiger partial charge is 0.157 e. The minimum absolute atomic E-state index is 0.0496. The van der Waals surface area contributed by atoms with Crippen LogP contribution >= 0.6 is 0 Å². The number of benzene rings is 2. The number of nitrogens with zero attached hydrogens (tertiary/aromatic N) is 3. The molecule has 0 aliphatic carbocycles. The van der Waals surface area contributed by atoms with E-state index in [0.29, 0.717) is 11.3 Å². The van der Waals surface area contributed by atoms with Gasteiger partial charge in [-0.3, -0.25) is 0 Å². The van der Waals surface area contributed by atoms with Crippen molar-refractivity contribution in [2.45, 2.75) is 19.8 Å². The number of anilines is 1. The molecule has 0 fully saturated rings. The predicted octanol–water partition coefficient (Wildman–Crippen LogP) is 5.57. The normalized spacial score (nSPS) is 11.4. The third-order valence-corrected chi connectivity index (χ3v) is 3.34. The Labute approximate surface area is 129 Å². The summed E-state index contributed by atoms with van der Waals surface area (Å²) in [7, 11) is 3.86. The van der Waals surface area contributed by atoms with E-state index in [0.717, 1.165) is 5.69 Å². The van der Waals surface area contributed by atoms with E-state index < -0.39 is 11.6 Å². The Morgan fingerprint density at radius 2 is 1.45 bits per heavy atom. The van der Waals surface area contributed by atoms with Crippen molar-refractivity contribution in [1.29, 1.82) is 0 Å². The summed E-state index contributed by atoms with van der Waals surface area (Å²) in [6.45, 7) is 3.75. The second-order valence-corrected chi connectivity index (χ2v) is 5.60. The highest BCUT2D eigenvalue weighted by Gasteiger charge is 2.12. The highest BCUT2D eigenvalue weighted by molar-refractivity contribution is 5.52. The van der Waals surface area contributed by atoms with Gasteiger partial charge in [-0.2, -0.15) is 5.11 Å². The molecule has 116 valence electrons. The highest BCUT2D eigenvalue weighted by atomic mass is 19.1. The first kappa shape index (κ1) is 16.1. The number of halogens is 2. The van der Waals surface area contributed by atoms with Crippen molar-refractivity contribution in [2.75, 3.05) is 19.0 Å². The molecule has 0 aliphatic rings. The fourth-order valence-corrected chi connectivity index (χ4v) is 1.94. The van der Waals surface area contributed by atoms with Gasteiger partial charge in [-0.05, 0) is 47.9 Å². The van der Waals surface area contributed by atoms with Crippen molar-refractivity contribution in [3.63, 3.8) is 0 Å². The first-order valence-electron chi connectivity index (χ1n) is 7.06. The number of hydrogen-bond acceptors (Lipinski definition) is 3. The van der Waals surface area contributed by atoms with E-state index in [9.17, 15) is 8.78 Å². The van der Waals surface area contributed by atoms with Gasteiger partial charge in [-0.15, -0.1) is 5.11 Å². The Balaban J connectivity index is 2.26. The largest absolute Gasteiger partial charge is 0.378 e. The summed E-state index contributed by atoms with van der Waals surface area (Å²) in [4.78, 5) is 1.95. The van der Waals surface area contributed by atoms with Gasteiger partial charge in [-0.25, -0.2) is 8.78 Å². The average molecular weight is 303 g/mol. The van der Waals surface area contributed by atoms with Gasteiger partial charge in [0.2, 0.25) is 0 Å². The molecule has 0 atom stereocenters. The van der Waals surface area contributed by atoms with Crippen LogP contribution in [0.25, 0.3) is 0 Å². The first-order valence-corrected chi connectivity index (χ1v) is 7.06. The molecule has 0 saturated heterocycles. The zero-order valence-corrected chi connectivity index (χ0v) is 13.1. The van der Waals surface area contributed by atoms with Crippen LogP contribution in [0.3, 0.4) is 0 Å². The van der Waals surface area contributed by atoms with Crippen LogP contribution in [-0.2, 0) is 0 Å². The molecule has 0 unspecified atom stereocenters. The van der Waals surface area contributed by atoms with Gasteiger partial charge in [-0.1, -0.05) is 13.8 Å². The highest BCUT2D eigenvalue weighted by Crippen LogP contribution is 2.29. The fourth-order valence-electron chi connectivity index (χ4n) is 1.94. The number of hydrogen-bond donors (Lipinski definition) is 0. The van der Waals surface area contributed by atoms with E-state index in [-0.39, 0.29) is 11.6 Å². The topological polar surface area (TPSA) is 28.0 Å². The summed E-state index contributed by atoms with van der Waals surface area (Å²) in [6, 6.07) is 9.83. The minimum atomic E-state index is -0.697. The molecule has 0 amide bonds. The van der Waals surface area contributed by atoms with E-state index in [1.165, 1.54) is 12.1 Å². The van der Waals surface area contributed by atoms with Crippen LogP contribution < -0.4 is 4.90 Å². The van der Waals surface area contributed by atoms with Crippen molar-refractivity contribution >= 4 is 17.1 Å². The summed E-state index contributed by atoms with van der Waals surface area (Å²) < 4.78 is 27.9. The van der Waals surface area contributed by atoms with Gasteiger partial charge in [0, 0.05) is 19.8 Å². The fraction of sp³-hybridized carbons (Fsp3) is 0.294. The van der Waals surface area contributed by atoms with E-state index in [4.69, 9.17) is 0 Å². The van der Waals surface area contributed by atoms with Crippen LogP contribution in [0.4, 0.5) is 25.8 Å². The second kappa shape index (κ2) is 6.64. The van der Waals surface area contributed by atoms with Crippen LogP contribution in [0.2, 0.25) is 0 Å². The standard InChI is InChI=1S/C17H19F2N3/c1-11(2)12-9-15(18)17(16(19)10-12)21-20-13-5-7-14(8-6-13)22(3)4/h5-11H,1-4H3/b21-20+. The molecule has 0 spiro atoms. The molecule has 2 aromatic rings. The van der Waals surface area contributed by atoms with Crippen molar-refractivity contribution < 1.29 is 8.78 Å². The zero-order chi connectivity index (χ0) is 16.3. The van der Waals surface area contributed by atoms with Gasteiger partial charge in [0.1, 0.15) is 0 Å². The molecular formula is C17H19F2N3. The quantitative estimate of drug-likeness (QED) is 0.679. The van der Waals surface area contributed by atoms with E-state index in [1.807, 2.05) is 45.0 Å². The summed E-state index contributed by atoms with van der Waals surface area (Å²) in [5, 5.41) is 7.61. The van der Waals surface area contributed by atoms with Crippen LogP contribution in [0.5, 0.6) is 0 Å². The Morgan fingerprint density at radius 3 is 1.91 bits per heavy atom. The molecule has 3 nitrogen and oxygen atoms in total. The van der Waals surface area contributed by atoms with Crippen LogP contribution in [0.15, 0.2) is 46.6 Å². The van der Waals surface area contributed by atoms with E-state index in [1.54, 1.807) is 12.1 Å². The lowest BCUT2D eigenvalue weighted by molar-refractivity contribution is 0.579. The third kappa shape index (κ3) is 3.67. The number of azo groups is 1. The van der Waals surface area contributed by atoms with Gasteiger partial charge in [0.15, 0.2) is 17.3 Å². The molecule has 5 heteroatoms. The minimum Gasteiger partial charge on any atom is -0.378 e. The number of rotatable bonds is 4. The van der Waals surface area contributed by atoms with Crippen molar-refractivity contribution in [3.8, 4) is 0 Å². The van der Waals surface area contributed by atoms with Crippen molar-refractivity contribution in [3.05, 3.63) is 53.6 Å². The van der Waals surface area contributed by atoms with Gasteiger partial charge in [0.05, 0.1) is 5.69 Å². The molecule has 22 heavy (non-hydrogen) atoms. The molecule has 0 N–H and O–H groups in total. The predicted molar refractivity (Wildman–Crippen MR) is 85.4 cm³/mol. The molecule has 0 aromatic heterocycles. The Morgan fingerprint density at radius 1 is 0.909 bits per heavy atom. The van der Waals surface area contributed by atoms with E-state index in [2.05, 4.69) is 10.2 Å². The Hall–Kier alpha value is -2.30. The average Bonchev–Trinajstić information content (AvgIpc) is 2.46. The molecule has 0 radical (unpaired) electrons. The first-order chi connectivity index (χ1) is 10.4. The molecular weight excluding hydrogens is 284 g/mol. The van der Waals surface area contributed by atoms with Gasteiger partial charge in [0.25, 0.3) is 0 Å². The Kier molecular flexibility index (Phi) is 4.85. The maximum Gasteiger partial charge on any atom is 0.157 e. The lowest BCUT2D eigenvalue weighted by atomic mass is 10.0. The summed E-state index contributed by atoms with van der Waals surface area (Å²) in [6.07, 6.45) is 0. The third-order valence-electron chi connectivity index (χ3n) is 3.34. The zero-order valence-electron chi connectivity index (χ0n) is 13.1. The van der Waals surface area contributed by atoms with Crippen LogP contribution in [-0.4, -0.2) is 14.1 Å². The molecule has 0 bridgehead atoms. The van der Waals surface area contributed by atoms with Crippen LogP contribution in [0, 0.1) is 11.6 Å². The lowest BCUT2D eigenvalue weighted by Crippen LogP contribution is -2.07. The van der Waals surface area contributed by atoms with Gasteiger partial charge < -0.3 is 4.90 Å². The summed E-state index contributed by atoms with van der Waals surface area (Å²) >= 11 is 0. The summed E-state index contributed by atoms with van der Waals surface area (Å²) in [5.41, 5.74) is 1.79. The molecule has 0 aliphatic heterocycles. The van der Waals surface area contributed by atoms with E-state index >= 15 is 0 Å². The molecule has 2 rings (SSSR count). The monoisotopic (exact) mass is 303 g/mol. The Bertz CT molecular complexity index is 654. The van der Waals surface area contributed by atoms with Crippen molar-refractivity contribution in [2.24, 2.45) is 10.2 Å². The molecule has 2 aromatic carbocycles. The molecule has 0 heterocycles. The molecule has 0 saturated carbocycles. The van der Waals surface area contributed by atoms with Crippen molar-refractivity contribution in [1.82, 2.24) is 0 Å². The lowest BCUT2D eigenvalue weighted by Gasteiger charge is -2.11. The maximum atomic E-state index is 13.9.